The van der Waals surface area contributed by atoms with Crippen LogP contribution in [-0.2, 0) is 15.3 Å². The Kier molecular flexibility index (Phi) is 2.91. The van der Waals surface area contributed by atoms with E-state index in [1.165, 1.54) is 13.4 Å². The fourth-order valence-corrected chi connectivity index (χ4v) is 2.89. The quantitative estimate of drug-likeness (QED) is 0.874. The van der Waals surface area contributed by atoms with E-state index in [0.29, 0.717) is 12.3 Å². The molecule has 2 rings (SSSR count). The topological polar surface area (TPSA) is 69.4 Å². The van der Waals surface area contributed by atoms with E-state index in [1.807, 2.05) is 6.07 Å². The zero-order chi connectivity index (χ0) is 12.7. The van der Waals surface area contributed by atoms with E-state index in [2.05, 4.69) is 0 Å². The summed E-state index contributed by atoms with van der Waals surface area (Å²) in [5, 5.41) is 0. The van der Waals surface area contributed by atoms with E-state index in [0.717, 1.165) is 18.4 Å². The van der Waals surface area contributed by atoms with Crippen molar-refractivity contribution in [1.29, 1.82) is 0 Å². The number of hydrogen-bond donors (Lipinski definition) is 1. The molecule has 1 aromatic rings. The second-order valence-corrected chi connectivity index (χ2v) is 6.61. The summed E-state index contributed by atoms with van der Waals surface area (Å²) in [7, 11) is -1.77. The lowest BCUT2D eigenvalue weighted by Crippen LogP contribution is -2.19. The summed E-state index contributed by atoms with van der Waals surface area (Å²) < 4.78 is 28.3. The molecule has 0 heterocycles. The Hall–Kier alpha value is -1.07. The highest BCUT2D eigenvalue weighted by Crippen LogP contribution is 2.48. The van der Waals surface area contributed by atoms with Crippen molar-refractivity contribution in [2.75, 3.05) is 19.9 Å². The Morgan fingerprint density at radius 2 is 2.06 bits per heavy atom. The fraction of sp³-hybridized carbons (Fsp3) is 0.500. The summed E-state index contributed by atoms with van der Waals surface area (Å²) in [6.07, 6.45) is 3.30. The Morgan fingerprint density at radius 1 is 1.41 bits per heavy atom. The molecule has 0 saturated heterocycles. The zero-order valence-electron chi connectivity index (χ0n) is 10.1. The predicted octanol–water partition coefficient (Wildman–Crippen LogP) is 1.09. The lowest BCUT2D eigenvalue weighted by atomic mass is 9.96. The summed E-state index contributed by atoms with van der Waals surface area (Å²) in [5.41, 5.74) is 6.88. The van der Waals surface area contributed by atoms with Crippen LogP contribution in [0.5, 0.6) is 5.75 Å². The van der Waals surface area contributed by atoms with Crippen LogP contribution < -0.4 is 10.5 Å². The lowest BCUT2D eigenvalue weighted by molar-refractivity contribution is 0.401. The number of rotatable bonds is 4. The highest BCUT2D eigenvalue weighted by Gasteiger charge is 2.43. The molecule has 0 amide bonds. The molecule has 0 atom stereocenters. The third-order valence-corrected chi connectivity index (χ3v) is 4.56. The highest BCUT2D eigenvalue weighted by molar-refractivity contribution is 7.90. The van der Waals surface area contributed by atoms with Gasteiger partial charge < -0.3 is 10.5 Å². The van der Waals surface area contributed by atoms with Crippen LogP contribution in [0.4, 0.5) is 0 Å². The van der Waals surface area contributed by atoms with Crippen molar-refractivity contribution < 1.29 is 13.2 Å². The van der Waals surface area contributed by atoms with Crippen LogP contribution in [0, 0.1) is 0 Å². The van der Waals surface area contributed by atoms with Crippen LogP contribution in [0.15, 0.2) is 23.1 Å². The average Bonchev–Trinajstić information content (AvgIpc) is 3.08. The maximum atomic E-state index is 11.6. The van der Waals surface area contributed by atoms with Gasteiger partial charge in [-0.05, 0) is 30.5 Å². The van der Waals surface area contributed by atoms with Crippen molar-refractivity contribution >= 4 is 9.84 Å². The van der Waals surface area contributed by atoms with Crippen molar-refractivity contribution in [2.45, 2.75) is 23.2 Å². The number of sulfone groups is 1. The van der Waals surface area contributed by atoms with Crippen LogP contribution in [0.2, 0.25) is 0 Å². The van der Waals surface area contributed by atoms with Gasteiger partial charge in [-0.3, -0.25) is 0 Å². The van der Waals surface area contributed by atoms with Crippen molar-refractivity contribution in [2.24, 2.45) is 5.73 Å². The highest BCUT2D eigenvalue weighted by atomic mass is 32.2. The van der Waals surface area contributed by atoms with Crippen LogP contribution in [0.3, 0.4) is 0 Å². The van der Waals surface area contributed by atoms with Crippen molar-refractivity contribution in [3.63, 3.8) is 0 Å². The van der Waals surface area contributed by atoms with Gasteiger partial charge >= 0.3 is 0 Å². The molecule has 2 N–H and O–H groups in total. The zero-order valence-corrected chi connectivity index (χ0v) is 10.9. The van der Waals surface area contributed by atoms with E-state index in [9.17, 15) is 8.42 Å². The normalized spacial score (nSPS) is 17.8. The minimum atomic E-state index is -3.25. The number of nitrogens with two attached hydrogens (primary N) is 1. The van der Waals surface area contributed by atoms with E-state index in [1.54, 1.807) is 12.1 Å². The van der Waals surface area contributed by atoms with Gasteiger partial charge in [0.1, 0.15) is 10.6 Å². The second-order valence-electron chi connectivity index (χ2n) is 4.62. The lowest BCUT2D eigenvalue weighted by Gasteiger charge is -2.15. The van der Waals surface area contributed by atoms with Gasteiger partial charge in [-0.2, -0.15) is 0 Å². The monoisotopic (exact) mass is 255 g/mol. The largest absolute Gasteiger partial charge is 0.495 e. The molecule has 0 spiro atoms. The molecule has 0 unspecified atom stereocenters. The van der Waals surface area contributed by atoms with Gasteiger partial charge in [0, 0.05) is 18.2 Å². The summed E-state index contributed by atoms with van der Waals surface area (Å²) in [4.78, 5) is 0.233. The molecule has 0 aliphatic heterocycles. The third kappa shape index (κ3) is 2.17. The Labute approximate surface area is 102 Å². The maximum absolute atomic E-state index is 11.6. The first-order valence-electron chi connectivity index (χ1n) is 5.52. The first-order valence-corrected chi connectivity index (χ1v) is 7.41. The molecule has 17 heavy (non-hydrogen) atoms. The molecular weight excluding hydrogens is 238 g/mol. The standard InChI is InChI=1S/C12H17NO3S/c1-16-10-7-9(12(8-13)5-6-12)3-4-11(10)17(2,14)15/h3-4,7H,5-6,8,13H2,1-2H3. The van der Waals surface area contributed by atoms with Gasteiger partial charge in [-0.15, -0.1) is 0 Å². The third-order valence-electron chi connectivity index (χ3n) is 3.42. The Morgan fingerprint density at radius 3 is 2.47 bits per heavy atom. The molecule has 0 bridgehead atoms. The number of ether oxygens (including phenoxy) is 1. The summed E-state index contributed by atoms with van der Waals surface area (Å²) in [5.74, 6) is 0.407. The molecular formula is C12H17NO3S. The molecule has 1 fully saturated rings. The van der Waals surface area contributed by atoms with Gasteiger partial charge in [0.2, 0.25) is 0 Å². The SMILES string of the molecule is COc1cc(C2(CN)CC2)ccc1S(C)(=O)=O. The van der Waals surface area contributed by atoms with Gasteiger partial charge in [0.05, 0.1) is 7.11 Å². The van der Waals surface area contributed by atoms with E-state index in [4.69, 9.17) is 10.5 Å². The van der Waals surface area contributed by atoms with Gasteiger partial charge in [-0.25, -0.2) is 8.42 Å². The second kappa shape index (κ2) is 3.99. The van der Waals surface area contributed by atoms with Crippen LogP contribution in [-0.4, -0.2) is 28.3 Å². The molecule has 1 aromatic carbocycles. The van der Waals surface area contributed by atoms with Gasteiger partial charge in [-0.1, -0.05) is 6.07 Å². The maximum Gasteiger partial charge on any atom is 0.179 e. The molecule has 4 nitrogen and oxygen atoms in total. The van der Waals surface area contributed by atoms with Crippen LogP contribution in [0.25, 0.3) is 0 Å². The first-order chi connectivity index (χ1) is 7.93. The predicted molar refractivity (Wildman–Crippen MR) is 66.1 cm³/mol. The summed E-state index contributed by atoms with van der Waals surface area (Å²) in [6.45, 7) is 0.592. The molecule has 5 heteroatoms. The van der Waals surface area contributed by atoms with Gasteiger partial charge in [0.25, 0.3) is 0 Å². The molecule has 1 aliphatic rings. The number of benzene rings is 1. The van der Waals surface area contributed by atoms with Crippen molar-refractivity contribution in [3.05, 3.63) is 23.8 Å². The van der Waals surface area contributed by atoms with E-state index < -0.39 is 9.84 Å². The van der Waals surface area contributed by atoms with Crippen molar-refractivity contribution in [3.8, 4) is 5.75 Å². The smallest absolute Gasteiger partial charge is 0.179 e. The molecule has 1 aliphatic carbocycles. The van der Waals surface area contributed by atoms with E-state index in [-0.39, 0.29) is 10.3 Å². The molecule has 0 aromatic heterocycles. The van der Waals surface area contributed by atoms with Crippen molar-refractivity contribution in [1.82, 2.24) is 0 Å². The van der Waals surface area contributed by atoms with Gasteiger partial charge in [0.15, 0.2) is 9.84 Å². The summed E-state index contributed by atoms with van der Waals surface area (Å²) >= 11 is 0. The first kappa shape index (κ1) is 12.4. The molecule has 94 valence electrons. The number of hydrogen-bond acceptors (Lipinski definition) is 4. The minimum Gasteiger partial charge on any atom is -0.495 e. The molecule has 1 saturated carbocycles. The average molecular weight is 255 g/mol. The van der Waals surface area contributed by atoms with Crippen LogP contribution >= 0.6 is 0 Å². The fourth-order valence-electron chi connectivity index (χ4n) is 2.07. The number of methoxy groups -OCH3 is 1. The molecule has 0 radical (unpaired) electrons. The Balaban J connectivity index is 2.49. The van der Waals surface area contributed by atoms with Crippen LogP contribution in [0.1, 0.15) is 18.4 Å². The van der Waals surface area contributed by atoms with E-state index >= 15 is 0 Å². The summed E-state index contributed by atoms with van der Waals surface area (Å²) in [6, 6.07) is 5.26. The minimum absolute atomic E-state index is 0.0450. The Bertz CT molecular complexity index is 533.